The molecule has 0 amide bonds. The quantitative estimate of drug-likeness (QED) is 0.689. The van der Waals surface area contributed by atoms with Gasteiger partial charge in [0.15, 0.2) is 5.78 Å². The van der Waals surface area contributed by atoms with Crippen molar-refractivity contribution in [2.45, 2.75) is 31.7 Å². The largest absolute Gasteiger partial charge is 0.507 e. The van der Waals surface area contributed by atoms with Crippen LogP contribution in [0.2, 0.25) is 0 Å². The molecule has 0 spiro atoms. The molecule has 0 bridgehead atoms. The van der Waals surface area contributed by atoms with E-state index in [1.54, 1.807) is 6.92 Å². The summed E-state index contributed by atoms with van der Waals surface area (Å²) >= 11 is 1.24. The number of rotatable bonds is 4. The Morgan fingerprint density at radius 1 is 1.45 bits per heavy atom. The Labute approximate surface area is 120 Å². The van der Waals surface area contributed by atoms with Gasteiger partial charge < -0.3 is 9.52 Å². The molecular formula is C14H14FNO3S. The van der Waals surface area contributed by atoms with E-state index in [0.717, 1.165) is 17.5 Å². The molecule has 0 aliphatic heterocycles. The van der Waals surface area contributed by atoms with Crippen molar-refractivity contribution in [2.24, 2.45) is 0 Å². The van der Waals surface area contributed by atoms with Crippen LogP contribution in [0.25, 0.3) is 0 Å². The van der Waals surface area contributed by atoms with E-state index in [4.69, 9.17) is 4.42 Å². The molecule has 106 valence electrons. The number of phenols is 1. The van der Waals surface area contributed by atoms with E-state index in [0.29, 0.717) is 10.8 Å². The number of nitrogens with zero attached hydrogens (tertiary/aromatic N) is 1. The number of halogens is 1. The first kappa shape index (κ1) is 14.6. The maximum atomic E-state index is 13.5. The van der Waals surface area contributed by atoms with Crippen LogP contribution >= 0.6 is 11.8 Å². The Morgan fingerprint density at radius 2 is 2.15 bits per heavy atom. The van der Waals surface area contributed by atoms with Crippen LogP contribution in [0, 0.1) is 19.7 Å². The summed E-state index contributed by atoms with van der Waals surface area (Å²) in [5.41, 5.74) is 1.12. The summed E-state index contributed by atoms with van der Waals surface area (Å²) in [6, 6.07) is 2.24. The Bertz CT molecular complexity index is 647. The molecule has 4 nitrogen and oxygen atoms in total. The van der Waals surface area contributed by atoms with Crippen molar-refractivity contribution in [3.8, 4) is 5.75 Å². The molecule has 6 heteroatoms. The zero-order valence-corrected chi connectivity index (χ0v) is 12.2. The van der Waals surface area contributed by atoms with Crippen molar-refractivity contribution >= 4 is 17.5 Å². The van der Waals surface area contributed by atoms with E-state index < -0.39 is 5.82 Å². The number of carbonyl (C=O) groups excluding carboxylic acids is 1. The number of carbonyl (C=O) groups is 1. The fourth-order valence-corrected chi connectivity index (χ4v) is 2.56. The lowest BCUT2D eigenvalue weighted by Gasteiger charge is -2.07. The average Bonchev–Trinajstić information content (AvgIpc) is 2.69. The molecule has 1 heterocycles. The molecule has 20 heavy (non-hydrogen) atoms. The Hall–Kier alpha value is -1.82. The molecule has 0 aliphatic carbocycles. The van der Waals surface area contributed by atoms with Crippen LogP contribution in [-0.4, -0.2) is 15.9 Å². The molecular weight excluding hydrogens is 281 g/mol. The van der Waals surface area contributed by atoms with Crippen LogP contribution in [0.15, 0.2) is 21.8 Å². The van der Waals surface area contributed by atoms with Gasteiger partial charge in [0.25, 0.3) is 5.22 Å². The molecule has 2 aromatic rings. The number of hydrogen-bond donors (Lipinski definition) is 1. The first-order chi connectivity index (χ1) is 9.38. The lowest BCUT2D eigenvalue weighted by molar-refractivity contribution is 0.101. The fourth-order valence-electron chi connectivity index (χ4n) is 1.68. The second-order valence-electron chi connectivity index (χ2n) is 4.43. The van der Waals surface area contributed by atoms with E-state index >= 15 is 0 Å². The minimum Gasteiger partial charge on any atom is -0.507 e. The highest BCUT2D eigenvalue weighted by Crippen LogP contribution is 2.31. The molecule has 0 aliphatic rings. The molecule has 0 unspecified atom stereocenters. The van der Waals surface area contributed by atoms with Crippen LogP contribution < -0.4 is 0 Å². The third kappa shape index (κ3) is 3.01. The van der Waals surface area contributed by atoms with E-state index in [9.17, 15) is 14.3 Å². The van der Waals surface area contributed by atoms with Gasteiger partial charge in [0.05, 0.1) is 11.3 Å². The van der Waals surface area contributed by atoms with Crippen molar-refractivity contribution < 1.29 is 18.7 Å². The lowest BCUT2D eigenvalue weighted by Crippen LogP contribution is -1.97. The molecule has 0 saturated carbocycles. The van der Waals surface area contributed by atoms with Gasteiger partial charge in [-0.3, -0.25) is 4.79 Å². The molecule has 0 atom stereocenters. The van der Waals surface area contributed by atoms with E-state index in [2.05, 4.69) is 4.98 Å². The minimum atomic E-state index is -0.552. The van der Waals surface area contributed by atoms with Crippen LogP contribution in [0.1, 0.15) is 34.3 Å². The van der Waals surface area contributed by atoms with Crippen LogP contribution in [0.3, 0.4) is 0 Å². The highest BCUT2D eigenvalue weighted by Gasteiger charge is 2.15. The van der Waals surface area contributed by atoms with Gasteiger partial charge in [0.1, 0.15) is 17.3 Å². The third-order valence-corrected chi connectivity index (χ3v) is 3.77. The normalized spacial score (nSPS) is 10.8. The van der Waals surface area contributed by atoms with E-state index in [1.807, 2.05) is 6.92 Å². The molecule has 1 N–H and O–H groups in total. The fraction of sp³-hybridized carbons (Fsp3) is 0.286. The van der Waals surface area contributed by atoms with Crippen LogP contribution in [0.4, 0.5) is 4.39 Å². The second-order valence-corrected chi connectivity index (χ2v) is 5.35. The summed E-state index contributed by atoms with van der Waals surface area (Å²) in [6.07, 6.45) is 0. The summed E-state index contributed by atoms with van der Waals surface area (Å²) in [6.45, 7) is 4.92. The number of benzene rings is 1. The van der Waals surface area contributed by atoms with Gasteiger partial charge >= 0.3 is 0 Å². The summed E-state index contributed by atoms with van der Waals surface area (Å²) in [5.74, 6) is -0.130. The van der Waals surface area contributed by atoms with Crippen molar-refractivity contribution in [2.75, 3.05) is 0 Å². The van der Waals surface area contributed by atoms with Crippen LogP contribution in [0.5, 0.6) is 5.75 Å². The molecule has 0 radical (unpaired) electrons. The van der Waals surface area contributed by atoms with Gasteiger partial charge in [0, 0.05) is 11.3 Å². The third-order valence-electron chi connectivity index (χ3n) is 2.89. The predicted octanol–water partition coefficient (Wildman–Crippen LogP) is 3.63. The van der Waals surface area contributed by atoms with Gasteiger partial charge in [-0.15, -0.1) is 0 Å². The van der Waals surface area contributed by atoms with Gasteiger partial charge in [-0.1, -0.05) is 11.8 Å². The van der Waals surface area contributed by atoms with Crippen molar-refractivity contribution in [3.63, 3.8) is 0 Å². The first-order valence-electron chi connectivity index (χ1n) is 5.97. The standard InChI is InChI=1S/C14H14FNO3S/c1-7-9(3)19-14(16-7)20-6-10-4-11(15)5-12(8(2)17)13(10)18/h4-5,18H,6H2,1-3H3. The maximum Gasteiger partial charge on any atom is 0.256 e. The Balaban J connectivity index is 2.23. The average molecular weight is 295 g/mol. The number of aromatic nitrogens is 1. The van der Waals surface area contributed by atoms with Crippen molar-refractivity contribution in [1.82, 2.24) is 4.98 Å². The molecule has 1 aromatic heterocycles. The summed E-state index contributed by atoms with van der Waals surface area (Å²) in [4.78, 5) is 15.5. The smallest absolute Gasteiger partial charge is 0.256 e. The Kier molecular flexibility index (Phi) is 4.13. The van der Waals surface area contributed by atoms with E-state index in [-0.39, 0.29) is 22.8 Å². The number of aryl methyl sites for hydroxylation is 2. The molecule has 0 saturated heterocycles. The topological polar surface area (TPSA) is 63.3 Å². The van der Waals surface area contributed by atoms with Crippen LogP contribution in [-0.2, 0) is 5.75 Å². The Morgan fingerprint density at radius 3 is 2.70 bits per heavy atom. The minimum absolute atomic E-state index is 0.0136. The second kappa shape index (κ2) is 5.66. The van der Waals surface area contributed by atoms with Gasteiger partial charge in [-0.05, 0) is 32.9 Å². The van der Waals surface area contributed by atoms with Gasteiger partial charge in [0.2, 0.25) is 0 Å². The molecule has 2 rings (SSSR count). The van der Waals surface area contributed by atoms with Gasteiger partial charge in [-0.25, -0.2) is 9.37 Å². The highest BCUT2D eigenvalue weighted by atomic mass is 32.2. The summed E-state index contributed by atoms with van der Waals surface area (Å²) < 4.78 is 18.8. The summed E-state index contributed by atoms with van der Waals surface area (Å²) in [5, 5.41) is 10.4. The number of Topliss-reactive ketones (excluding diaryl/α,β-unsaturated/α-hetero) is 1. The predicted molar refractivity (Wildman–Crippen MR) is 73.6 cm³/mol. The number of oxazole rings is 1. The SMILES string of the molecule is CC(=O)c1cc(F)cc(CSc2nc(C)c(C)o2)c1O. The van der Waals surface area contributed by atoms with Crippen molar-refractivity contribution in [1.29, 1.82) is 0 Å². The van der Waals surface area contributed by atoms with Gasteiger partial charge in [-0.2, -0.15) is 0 Å². The zero-order valence-electron chi connectivity index (χ0n) is 11.4. The number of ketones is 1. The number of phenolic OH excluding ortho intramolecular Hbond substituents is 1. The maximum absolute atomic E-state index is 13.5. The number of aromatic hydroxyl groups is 1. The molecule has 1 aromatic carbocycles. The van der Waals surface area contributed by atoms with Crippen molar-refractivity contribution in [3.05, 3.63) is 40.5 Å². The highest BCUT2D eigenvalue weighted by molar-refractivity contribution is 7.98. The number of hydrogen-bond acceptors (Lipinski definition) is 5. The summed E-state index contributed by atoms with van der Waals surface area (Å²) in [7, 11) is 0. The number of thioether (sulfide) groups is 1. The zero-order chi connectivity index (χ0) is 14.9. The first-order valence-corrected chi connectivity index (χ1v) is 6.96. The lowest BCUT2D eigenvalue weighted by atomic mass is 10.1. The monoisotopic (exact) mass is 295 g/mol. The molecule has 0 fully saturated rings. The van der Waals surface area contributed by atoms with E-state index in [1.165, 1.54) is 24.8 Å².